The van der Waals surface area contributed by atoms with Gasteiger partial charge in [0.2, 0.25) is 0 Å². The smallest absolute Gasteiger partial charge is 0.326 e. The molecule has 3 rings (SSSR count). The van der Waals surface area contributed by atoms with E-state index in [9.17, 15) is 9.90 Å². The molecule has 0 aliphatic carbocycles. The van der Waals surface area contributed by atoms with Gasteiger partial charge >= 0.3 is 5.97 Å². The quantitative estimate of drug-likeness (QED) is 0.904. The van der Waals surface area contributed by atoms with Crippen molar-refractivity contribution < 1.29 is 19.4 Å². The highest BCUT2D eigenvalue weighted by atomic mass is 16.5. The van der Waals surface area contributed by atoms with Gasteiger partial charge in [-0.2, -0.15) is 0 Å². The van der Waals surface area contributed by atoms with Gasteiger partial charge in [-0.3, -0.25) is 0 Å². The van der Waals surface area contributed by atoms with E-state index in [1.54, 1.807) is 14.2 Å². The van der Waals surface area contributed by atoms with E-state index in [0.717, 1.165) is 28.3 Å². The number of benzene rings is 2. The van der Waals surface area contributed by atoms with Gasteiger partial charge in [0, 0.05) is 18.7 Å². The second kappa shape index (κ2) is 7.30. The van der Waals surface area contributed by atoms with Crippen LogP contribution in [-0.4, -0.2) is 37.9 Å². The molecule has 0 amide bonds. The first-order valence-corrected chi connectivity index (χ1v) is 8.09. The largest absolute Gasteiger partial charge is 0.497 e. The van der Waals surface area contributed by atoms with Crippen molar-refractivity contribution in [2.24, 2.45) is 0 Å². The molecule has 0 aromatic heterocycles. The fraction of sp³-hybridized carbons (Fsp3) is 0.250. The van der Waals surface area contributed by atoms with Crippen molar-refractivity contribution in [3.8, 4) is 11.5 Å². The highest BCUT2D eigenvalue weighted by molar-refractivity contribution is 5.84. The first kappa shape index (κ1) is 16.9. The van der Waals surface area contributed by atoms with Crippen molar-refractivity contribution in [2.75, 3.05) is 25.7 Å². The van der Waals surface area contributed by atoms with Crippen LogP contribution in [0.25, 0.3) is 5.57 Å². The van der Waals surface area contributed by atoms with Crippen LogP contribution in [0.4, 0.5) is 5.69 Å². The van der Waals surface area contributed by atoms with Crippen molar-refractivity contribution in [3.63, 3.8) is 0 Å². The second-order valence-electron chi connectivity index (χ2n) is 5.87. The molecule has 25 heavy (non-hydrogen) atoms. The van der Waals surface area contributed by atoms with Crippen LogP contribution in [0.2, 0.25) is 0 Å². The highest BCUT2D eigenvalue weighted by Gasteiger charge is 2.30. The first-order chi connectivity index (χ1) is 12.1. The minimum atomic E-state index is -0.824. The van der Waals surface area contributed by atoms with Crippen LogP contribution in [0, 0.1) is 0 Å². The van der Waals surface area contributed by atoms with Crippen molar-refractivity contribution in [2.45, 2.75) is 12.5 Å². The monoisotopic (exact) mass is 339 g/mol. The lowest BCUT2D eigenvalue weighted by molar-refractivity contribution is -0.138. The minimum absolute atomic E-state index is 0.452. The molecule has 0 spiro atoms. The summed E-state index contributed by atoms with van der Waals surface area (Å²) in [4.78, 5) is 13.7. The summed E-state index contributed by atoms with van der Waals surface area (Å²) in [6, 6.07) is 14.6. The predicted octanol–water partition coefficient (Wildman–Crippen LogP) is 3.45. The Morgan fingerprint density at radius 3 is 2.08 bits per heavy atom. The average Bonchev–Trinajstić information content (AvgIpc) is 2.67. The lowest BCUT2D eigenvalue weighted by Crippen LogP contribution is -2.44. The Bertz CT molecular complexity index is 765. The first-order valence-electron chi connectivity index (χ1n) is 8.09. The topological polar surface area (TPSA) is 59.0 Å². The summed E-state index contributed by atoms with van der Waals surface area (Å²) in [7, 11) is 3.24. The SMILES string of the molecule is COc1ccc(C2=CCN(c3ccc(OC)cc3)[C@H](C(=O)O)C2)cc1. The molecular weight excluding hydrogens is 318 g/mol. The molecule has 0 saturated carbocycles. The zero-order valence-corrected chi connectivity index (χ0v) is 14.3. The van der Waals surface area contributed by atoms with Crippen molar-refractivity contribution in [3.05, 3.63) is 60.2 Å². The standard InChI is InChI=1S/C20H21NO4/c1-24-17-7-3-14(4-8-17)15-11-12-21(19(13-15)20(22)23)16-5-9-18(25-2)10-6-16/h3-11,19H,12-13H2,1-2H3,(H,22,23)/t19-/m0/s1. The fourth-order valence-electron chi connectivity index (χ4n) is 3.06. The van der Waals surface area contributed by atoms with Crippen molar-refractivity contribution >= 4 is 17.2 Å². The molecule has 2 aromatic carbocycles. The molecule has 5 heteroatoms. The summed E-state index contributed by atoms with van der Waals surface area (Å²) in [6.45, 7) is 0.546. The third-order valence-electron chi connectivity index (χ3n) is 4.47. The van der Waals surface area contributed by atoms with Crippen LogP contribution >= 0.6 is 0 Å². The molecule has 0 fully saturated rings. The summed E-state index contributed by atoms with van der Waals surface area (Å²) in [5.74, 6) is 0.715. The molecule has 1 heterocycles. The third-order valence-corrected chi connectivity index (χ3v) is 4.47. The van der Waals surface area contributed by atoms with E-state index in [1.165, 1.54) is 0 Å². The van der Waals surface area contributed by atoms with Gasteiger partial charge in [-0.25, -0.2) is 4.79 Å². The maximum Gasteiger partial charge on any atom is 0.326 e. The normalized spacial score (nSPS) is 17.0. The third kappa shape index (κ3) is 3.60. The summed E-state index contributed by atoms with van der Waals surface area (Å²) >= 11 is 0. The molecule has 0 saturated heterocycles. The Labute approximate surface area is 147 Å². The van der Waals surface area contributed by atoms with Crippen LogP contribution in [0.3, 0.4) is 0 Å². The van der Waals surface area contributed by atoms with E-state index in [0.29, 0.717) is 13.0 Å². The van der Waals surface area contributed by atoms with Crippen molar-refractivity contribution in [1.82, 2.24) is 0 Å². The second-order valence-corrected chi connectivity index (χ2v) is 5.87. The zero-order chi connectivity index (χ0) is 17.8. The molecule has 0 radical (unpaired) electrons. The Morgan fingerprint density at radius 1 is 1.00 bits per heavy atom. The van der Waals surface area contributed by atoms with E-state index in [4.69, 9.17) is 9.47 Å². The number of carboxylic acids is 1. The van der Waals surface area contributed by atoms with Gasteiger partial charge < -0.3 is 19.5 Å². The van der Waals surface area contributed by atoms with Crippen LogP contribution in [0.15, 0.2) is 54.6 Å². The zero-order valence-electron chi connectivity index (χ0n) is 14.3. The lowest BCUT2D eigenvalue weighted by Gasteiger charge is -2.34. The van der Waals surface area contributed by atoms with Crippen LogP contribution < -0.4 is 14.4 Å². The molecule has 130 valence electrons. The van der Waals surface area contributed by atoms with Gasteiger partial charge in [-0.15, -0.1) is 0 Å². The number of aliphatic carboxylic acids is 1. The summed E-state index contributed by atoms with van der Waals surface area (Å²) in [6.07, 6.45) is 2.54. The van der Waals surface area contributed by atoms with E-state index in [1.807, 2.05) is 53.4 Å². The lowest BCUT2D eigenvalue weighted by atomic mass is 9.93. The van der Waals surface area contributed by atoms with E-state index in [-0.39, 0.29) is 0 Å². The number of rotatable bonds is 5. The van der Waals surface area contributed by atoms with Gasteiger partial charge in [0.1, 0.15) is 17.5 Å². The van der Waals surface area contributed by atoms with E-state index >= 15 is 0 Å². The number of ether oxygens (including phenoxy) is 2. The Morgan fingerprint density at radius 2 is 1.56 bits per heavy atom. The molecule has 1 atom stereocenters. The molecule has 0 unspecified atom stereocenters. The molecule has 0 bridgehead atoms. The number of anilines is 1. The highest BCUT2D eigenvalue weighted by Crippen LogP contribution is 2.31. The van der Waals surface area contributed by atoms with E-state index in [2.05, 4.69) is 6.08 Å². The molecule has 5 nitrogen and oxygen atoms in total. The van der Waals surface area contributed by atoms with Gasteiger partial charge in [0.05, 0.1) is 14.2 Å². The van der Waals surface area contributed by atoms with Crippen LogP contribution in [-0.2, 0) is 4.79 Å². The van der Waals surface area contributed by atoms with Gasteiger partial charge in [0.25, 0.3) is 0 Å². The molecule has 1 aliphatic heterocycles. The fourth-order valence-corrected chi connectivity index (χ4v) is 3.06. The number of hydrogen-bond donors (Lipinski definition) is 1. The van der Waals surface area contributed by atoms with Crippen molar-refractivity contribution in [1.29, 1.82) is 0 Å². The minimum Gasteiger partial charge on any atom is -0.497 e. The number of hydrogen-bond acceptors (Lipinski definition) is 4. The number of nitrogens with zero attached hydrogens (tertiary/aromatic N) is 1. The number of carbonyl (C=O) groups is 1. The van der Waals surface area contributed by atoms with Gasteiger partial charge in [0.15, 0.2) is 0 Å². The van der Waals surface area contributed by atoms with Crippen LogP contribution in [0.5, 0.6) is 11.5 Å². The Balaban J connectivity index is 1.86. The predicted molar refractivity (Wildman–Crippen MR) is 97.4 cm³/mol. The summed E-state index contributed by atoms with van der Waals surface area (Å²) in [5.41, 5.74) is 2.94. The average molecular weight is 339 g/mol. The molecule has 1 aliphatic rings. The Hall–Kier alpha value is -2.95. The summed E-state index contributed by atoms with van der Waals surface area (Å²) < 4.78 is 10.3. The van der Waals surface area contributed by atoms with Crippen LogP contribution in [0.1, 0.15) is 12.0 Å². The summed E-state index contributed by atoms with van der Waals surface area (Å²) in [5, 5.41) is 9.70. The van der Waals surface area contributed by atoms with Gasteiger partial charge in [-0.05, 0) is 47.5 Å². The number of methoxy groups -OCH3 is 2. The molecular formula is C20H21NO4. The maximum absolute atomic E-state index is 11.8. The maximum atomic E-state index is 11.8. The Kier molecular flexibility index (Phi) is 4.93. The van der Waals surface area contributed by atoms with Gasteiger partial charge in [-0.1, -0.05) is 18.2 Å². The number of carboxylic acid groups (broad SMARTS) is 1. The molecule has 2 aromatic rings. The molecule has 1 N–H and O–H groups in total. The van der Waals surface area contributed by atoms with E-state index < -0.39 is 12.0 Å².